The molecule has 3 aliphatic carbocycles. The molecule has 0 aliphatic heterocycles. The summed E-state index contributed by atoms with van der Waals surface area (Å²) in [6.45, 7) is 13.7. The number of benzene rings is 2. The smallest absolute Gasteiger partial charge is 0.338 e. The Kier molecular flexibility index (Phi) is 13.9. The van der Waals surface area contributed by atoms with Gasteiger partial charge in [0, 0.05) is 56.1 Å². The lowest BCUT2D eigenvalue weighted by Gasteiger charge is -2.30. The number of hydrogen-bond acceptors (Lipinski definition) is 10. The number of carbonyl (C=O) groups excluding carboxylic acids is 1. The summed E-state index contributed by atoms with van der Waals surface area (Å²) >= 11 is 0. The second-order valence-electron chi connectivity index (χ2n) is 21.5. The lowest BCUT2D eigenvalue weighted by molar-refractivity contribution is -0.0478. The fraction of sp³-hybridized carbons (Fsp3) is 0.551. The molecule has 22 heteroatoms. The standard InChI is InChI=1S/C27H35F2N5O3S.C22H26F2N4O4S/c1-26(2,3)25-32-22-13-21(7-8-23(22)33(25)16-19-9-11-27(28,29)12-10-19)38(36,37)34-17-20(15-31-34)24(35)30-14-18-5-4-6-18;1-21(2,3)20-26-17-10-16(33(31,32)28-13-15(11-25-28)19(29)30)4-5-18(17)27(20)12-14-6-8-22(23,24)9-7-14/h7-8,13,15,17-19H,4-6,9-12,14,16H2,1-3H3,(H,30,35);4-5,10-11,13-14H,6-9,12H2,1-3H3,(H,29,30). The predicted molar refractivity (Wildman–Crippen MR) is 257 cm³/mol. The fourth-order valence-corrected chi connectivity index (χ4v) is 11.8. The van der Waals surface area contributed by atoms with Gasteiger partial charge in [0.1, 0.15) is 11.6 Å². The normalized spacial score (nSPS) is 18.3. The minimum atomic E-state index is -4.11. The van der Waals surface area contributed by atoms with E-state index < -0.39 is 37.9 Å². The van der Waals surface area contributed by atoms with E-state index in [0.29, 0.717) is 66.4 Å². The van der Waals surface area contributed by atoms with Crippen LogP contribution < -0.4 is 5.32 Å². The van der Waals surface area contributed by atoms with Crippen LogP contribution in [0.2, 0.25) is 0 Å². The highest BCUT2D eigenvalue weighted by molar-refractivity contribution is 7.90. The second-order valence-corrected chi connectivity index (χ2v) is 25.1. The molecule has 2 N–H and O–H groups in total. The van der Waals surface area contributed by atoms with Crippen LogP contribution in [0.25, 0.3) is 22.1 Å². The number of carbonyl (C=O) groups is 2. The maximum absolute atomic E-state index is 13.7. The summed E-state index contributed by atoms with van der Waals surface area (Å²) in [6, 6.07) is 9.27. The summed E-state index contributed by atoms with van der Waals surface area (Å²) in [7, 11) is -8.17. The van der Waals surface area contributed by atoms with E-state index in [1.807, 2.05) is 46.1 Å². The van der Waals surface area contributed by atoms with E-state index in [1.165, 1.54) is 43.1 Å². The van der Waals surface area contributed by atoms with Crippen LogP contribution in [0.1, 0.15) is 145 Å². The largest absolute Gasteiger partial charge is 0.478 e. The third kappa shape index (κ3) is 11.2. The van der Waals surface area contributed by atoms with E-state index in [-0.39, 0.29) is 75.2 Å². The molecule has 3 saturated carbocycles. The summed E-state index contributed by atoms with van der Waals surface area (Å²) in [5.41, 5.74) is 1.74. The number of rotatable bonds is 12. The SMILES string of the molecule is CC(C)(C)c1nc2cc(S(=O)(=O)n3cc(C(=O)NCC4CCC4)cn3)ccc2n1CC1CCC(F)(F)CC1.CC(C)(C)c1nc2cc(S(=O)(=O)n3cc(C(=O)O)cn3)ccc2n1CC1CCC(F)(F)CC1. The van der Waals surface area contributed by atoms with Gasteiger partial charge in [-0.3, -0.25) is 4.79 Å². The predicted octanol–water partition coefficient (Wildman–Crippen LogP) is 9.41. The first-order valence-electron chi connectivity index (χ1n) is 24.0. The van der Waals surface area contributed by atoms with Crippen molar-refractivity contribution < 1.29 is 49.1 Å². The van der Waals surface area contributed by atoms with Crippen LogP contribution in [0.15, 0.2) is 71.0 Å². The van der Waals surface area contributed by atoms with Crippen molar-refractivity contribution in [1.82, 2.24) is 42.8 Å². The molecule has 6 aromatic rings. The number of fused-ring (bicyclic) bond motifs is 2. The van der Waals surface area contributed by atoms with Crippen molar-refractivity contribution in [3.05, 3.63) is 84.0 Å². The van der Waals surface area contributed by atoms with Crippen molar-refractivity contribution in [2.75, 3.05) is 6.54 Å². The second kappa shape index (κ2) is 19.1. The molecule has 9 rings (SSSR count). The van der Waals surface area contributed by atoms with Crippen molar-refractivity contribution in [2.24, 2.45) is 17.8 Å². The van der Waals surface area contributed by atoms with Crippen molar-refractivity contribution in [3.63, 3.8) is 0 Å². The topological polar surface area (TPSA) is 206 Å². The highest BCUT2D eigenvalue weighted by atomic mass is 32.2. The number of alkyl halides is 4. The first-order chi connectivity index (χ1) is 33.1. The number of carboxylic acids is 1. The zero-order valence-electron chi connectivity index (χ0n) is 40.7. The maximum Gasteiger partial charge on any atom is 0.338 e. The van der Waals surface area contributed by atoms with E-state index in [1.54, 1.807) is 12.1 Å². The van der Waals surface area contributed by atoms with Crippen LogP contribution >= 0.6 is 0 Å². The molecule has 16 nitrogen and oxygen atoms in total. The Bertz CT molecular complexity index is 3180. The molecule has 384 valence electrons. The summed E-state index contributed by atoms with van der Waals surface area (Å²) in [5.74, 6) is -4.60. The van der Waals surface area contributed by atoms with Gasteiger partial charge in [-0.25, -0.2) is 32.3 Å². The first kappa shape index (κ1) is 51.7. The fourth-order valence-electron chi connectivity index (χ4n) is 9.49. The summed E-state index contributed by atoms with van der Waals surface area (Å²) in [6.07, 6.45) is 9.04. The lowest BCUT2D eigenvalue weighted by atomic mass is 9.85. The number of imidazole rings is 2. The zero-order valence-corrected chi connectivity index (χ0v) is 42.3. The molecule has 0 radical (unpaired) electrons. The van der Waals surface area contributed by atoms with Crippen LogP contribution in [0.3, 0.4) is 0 Å². The van der Waals surface area contributed by atoms with Crippen LogP contribution in [-0.4, -0.2) is 89.7 Å². The average molecular weight is 1030 g/mol. The van der Waals surface area contributed by atoms with E-state index in [9.17, 15) is 44.0 Å². The zero-order chi connectivity index (χ0) is 51.5. The quantitative estimate of drug-likeness (QED) is 0.110. The van der Waals surface area contributed by atoms with Crippen LogP contribution in [0.5, 0.6) is 0 Å². The van der Waals surface area contributed by atoms with Crippen molar-refractivity contribution in [3.8, 4) is 0 Å². The molecule has 0 spiro atoms. The number of nitrogens with zero attached hydrogens (tertiary/aromatic N) is 8. The van der Waals surface area contributed by atoms with E-state index >= 15 is 0 Å². The van der Waals surface area contributed by atoms with Crippen molar-refractivity contribution in [2.45, 2.75) is 158 Å². The van der Waals surface area contributed by atoms with Crippen LogP contribution in [0, 0.1) is 17.8 Å². The number of halogens is 4. The Morgan fingerprint density at radius 2 is 1.06 bits per heavy atom. The summed E-state index contributed by atoms with van der Waals surface area (Å²) < 4.78 is 113. The number of amides is 1. The molecular weight excluding hydrogens is 967 g/mol. The summed E-state index contributed by atoms with van der Waals surface area (Å²) in [4.78, 5) is 33.0. The molecule has 1 amide bonds. The van der Waals surface area contributed by atoms with Crippen LogP contribution in [0.4, 0.5) is 17.6 Å². The number of carboxylic acid groups (broad SMARTS) is 1. The molecule has 3 fully saturated rings. The summed E-state index contributed by atoms with van der Waals surface area (Å²) in [5, 5.41) is 19.5. The molecule has 0 bridgehead atoms. The van der Waals surface area contributed by atoms with Gasteiger partial charge in [-0.05, 0) is 92.7 Å². The van der Waals surface area contributed by atoms with Gasteiger partial charge in [0.25, 0.3) is 26.0 Å². The third-order valence-corrected chi connectivity index (χ3v) is 16.9. The molecular formula is C49H61F4N9O7S2. The van der Waals surface area contributed by atoms with Gasteiger partial charge in [0.15, 0.2) is 0 Å². The van der Waals surface area contributed by atoms with Crippen molar-refractivity contribution >= 4 is 54.0 Å². The minimum Gasteiger partial charge on any atom is -0.478 e. The van der Waals surface area contributed by atoms with Gasteiger partial charge in [0.2, 0.25) is 11.8 Å². The monoisotopic (exact) mass is 1030 g/mol. The Balaban J connectivity index is 0.000000192. The Morgan fingerprint density at radius 3 is 1.42 bits per heavy atom. The van der Waals surface area contributed by atoms with E-state index in [0.717, 1.165) is 52.0 Å². The maximum atomic E-state index is 13.7. The van der Waals surface area contributed by atoms with Gasteiger partial charge < -0.3 is 19.6 Å². The molecule has 71 heavy (non-hydrogen) atoms. The number of nitrogens with one attached hydrogen (secondary N) is 1. The number of aromatic nitrogens is 8. The highest BCUT2D eigenvalue weighted by Gasteiger charge is 2.38. The molecule has 4 aromatic heterocycles. The molecule has 0 saturated heterocycles. The van der Waals surface area contributed by atoms with Crippen LogP contribution in [-0.2, 0) is 44.0 Å². The molecule has 0 atom stereocenters. The average Bonchev–Trinajstić information content (AvgIpc) is 4.10. The first-order valence-corrected chi connectivity index (χ1v) is 26.9. The Hall–Kier alpha value is -5.64. The van der Waals surface area contributed by atoms with Gasteiger partial charge in [-0.1, -0.05) is 48.0 Å². The van der Waals surface area contributed by atoms with Gasteiger partial charge in [-0.2, -0.15) is 35.2 Å². The van der Waals surface area contributed by atoms with E-state index in [4.69, 9.17) is 15.1 Å². The lowest BCUT2D eigenvalue weighted by Crippen LogP contribution is -2.32. The Morgan fingerprint density at radius 1 is 0.648 bits per heavy atom. The molecule has 4 heterocycles. The third-order valence-electron chi connectivity index (χ3n) is 13.8. The van der Waals surface area contributed by atoms with Gasteiger partial charge in [-0.15, -0.1) is 0 Å². The molecule has 2 aromatic carbocycles. The van der Waals surface area contributed by atoms with E-state index in [2.05, 4.69) is 20.1 Å². The molecule has 3 aliphatic rings. The van der Waals surface area contributed by atoms with Gasteiger partial charge in [0.05, 0.1) is 67.8 Å². The van der Waals surface area contributed by atoms with Gasteiger partial charge >= 0.3 is 5.97 Å². The number of hydrogen-bond donors (Lipinski definition) is 2. The van der Waals surface area contributed by atoms with Crippen molar-refractivity contribution in [1.29, 1.82) is 0 Å². The number of aromatic carboxylic acids is 1. The Labute approximate surface area is 410 Å². The molecule has 0 unspecified atom stereocenters. The minimum absolute atomic E-state index is 0.0111. The highest BCUT2D eigenvalue weighted by Crippen LogP contribution is 2.40.